The van der Waals surface area contributed by atoms with Crippen molar-refractivity contribution in [2.24, 2.45) is 5.73 Å². The fraction of sp³-hybridized carbons (Fsp3) is 0.0909. The number of carbonyl (C=O) groups is 2. The number of amides is 2. The number of hydrogen-bond acceptors (Lipinski definition) is 2. The van der Waals surface area contributed by atoms with E-state index in [0.717, 1.165) is 16.6 Å². The van der Waals surface area contributed by atoms with Crippen LogP contribution < -0.4 is 11.1 Å². The SMILES string of the molecule is Cc1[nH]c2ccccc2c1NC(=O)C(N)=O. The lowest BCUT2D eigenvalue weighted by Gasteiger charge is -2.01. The van der Waals surface area contributed by atoms with Gasteiger partial charge in [0.2, 0.25) is 0 Å². The Balaban J connectivity index is 2.47. The third kappa shape index (κ3) is 1.63. The van der Waals surface area contributed by atoms with Gasteiger partial charge in [0.25, 0.3) is 0 Å². The van der Waals surface area contributed by atoms with Gasteiger partial charge in [0.1, 0.15) is 0 Å². The molecule has 82 valence electrons. The van der Waals surface area contributed by atoms with E-state index in [1.165, 1.54) is 0 Å². The fourth-order valence-electron chi connectivity index (χ4n) is 1.61. The number of anilines is 1. The molecule has 5 nitrogen and oxygen atoms in total. The first-order valence-electron chi connectivity index (χ1n) is 4.77. The van der Waals surface area contributed by atoms with E-state index in [1.54, 1.807) is 0 Å². The van der Waals surface area contributed by atoms with Gasteiger partial charge in [0.15, 0.2) is 0 Å². The van der Waals surface area contributed by atoms with Crippen molar-refractivity contribution >= 4 is 28.4 Å². The van der Waals surface area contributed by atoms with Gasteiger partial charge in [-0.15, -0.1) is 0 Å². The lowest BCUT2D eigenvalue weighted by molar-refractivity contribution is -0.134. The summed E-state index contributed by atoms with van der Waals surface area (Å²) >= 11 is 0. The lowest BCUT2D eigenvalue weighted by Crippen LogP contribution is -2.29. The molecule has 2 aromatic rings. The minimum Gasteiger partial charge on any atom is -0.361 e. The molecule has 0 aliphatic heterocycles. The van der Waals surface area contributed by atoms with E-state index in [-0.39, 0.29) is 0 Å². The first kappa shape index (κ1) is 10.2. The van der Waals surface area contributed by atoms with Crippen molar-refractivity contribution < 1.29 is 9.59 Å². The van der Waals surface area contributed by atoms with Gasteiger partial charge < -0.3 is 16.0 Å². The molecular formula is C11H11N3O2. The monoisotopic (exact) mass is 217 g/mol. The maximum Gasteiger partial charge on any atom is 0.313 e. The molecule has 1 aromatic heterocycles. The highest BCUT2D eigenvalue weighted by Crippen LogP contribution is 2.26. The molecule has 0 aliphatic carbocycles. The summed E-state index contributed by atoms with van der Waals surface area (Å²) in [5.74, 6) is -1.81. The molecule has 0 saturated heterocycles. The van der Waals surface area contributed by atoms with Crippen molar-refractivity contribution in [2.75, 3.05) is 5.32 Å². The van der Waals surface area contributed by atoms with Crippen molar-refractivity contribution in [3.8, 4) is 0 Å². The predicted molar refractivity (Wildman–Crippen MR) is 60.9 cm³/mol. The lowest BCUT2D eigenvalue weighted by atomic mass is 10.2. The highest BCUT2D eigenvalue weighted by Gasteiger charge is 2.14. The predicted octanol–water partition coefficient (Wildman–Crippen LogP) is 0.900. The standard InChI is InChI=1S/C11H11N3O2/c1-6-9(14-11(16)10(12)15)7-4-2-3-5-8(7)13-6/h2-5,13H,1H3,(H2,12,15)(H,14,16). The Morgan fingerprint density at radius 2 is 2.00 bits per heavy atom. The average Bonchev–Trinajstić information content (AvgIpc) is 2.55. The fourth-order valence-corrected chi connectivity index (χ4v) is 1.61. The van der Waals surface area contributed by atoms with Crippen LogP contribution in [0.5, 0.6) is 0 Å². The second kappa shape index (κ2) is 3.69. The summed E-state index contributed by atoms with van der Waals surface area (Å²) < 4.78 is 0. The summed E-state index contributed by atoms with van der Waals surface area (Å²) in [5.41, 5.74) is 7.17. The maximum atomic E-state index is 11.2. The average molecular weight is 217 g/mol. The van der Waals surface area contributed by atoms with E-state index < -0.39 is 11.8 Å². The number of aryl methyl sites for hydroxylation is 1. The third-order valence-corrected chi connectivity index (χ3v) is 2.36. The number of H-pyrrole nitrogens is 1. The molecule has 0 fully saturated rings. The number of benzene rings is 1. The van der Waals surface area contributed by atoms with E-state index in [2.05, 4.69) is 10.3 Å². The molecule has 4 N–H and O–H groups in total. The zero-order chi connectivity index (χ0) is 11.7. The molecule has 0 bridgehead atoms. The van der Waals surface area contributed by atoms with E-state index in [9.17, 15) is 9.59 Å². The van der Waals surface area contributed by atoms with Crippen LogP contribution in [-0.2, 0) is 9.59 Å². The highest BCUT2D eigenvalue weighted by molar-refractivity contribution is 6.39. The normalized spacial score (nSPS) is 10.3. The summed E-state index contributed by atoms with van der Waals surface area (Å²) in [7, 11) is 0. The molecule has 5 heteroatoms. The van der Waals surface area contributed by atoms with E-state index in [1.807, 2.05) is 31.2 Å². The molecular weight excluding hydrogens is 206 g/mol. The molecule has 1 heterocycles. The first-order chi connectivity index (χ1) is 7.59. The molecule has 0 spiro atoms. The Morgan fingerprint density at radius 3 is 2.69 bits per heavy atom. The summed E-state index contributed by atoms with van der Waals surface area (Å²) in [6.45, 7) is 1.82. The number of aromatic nitrogens is 1. The van der Waals surface area contributed by atoms with Crippen LogP contribution in [0.4, 0.5) is 5.69 Å². The van der Waals surface area contributed by atoms with Gasteiger partial charge in [-0.3, -0.25) is 9.59 Å². The van der Waals surface area contributed by atoms with Crippen LogP contribution in [0.15, 0.2) is 24.3 Å². The Labute approximate surface area is 91.6 Å². The zero-order valence-corrected chi connectivity index (χ0v) is 8.70. The topological polar surface area (TPSA) is 88.0 Å². The van der Waals surface area contributed by atoms with Gasteiger partial charge >= 0.3 is 11.8 Å². The Bertz CT molecular complexity index is 572. The Morgan fingerprint density at radius 1 is 1.31 bits per heavy atom. The number of nitrogens with two attached hydrogens (primary N) is 1. The quantitative estimate of drug-likeness (QED) is 0.619. The first-order valence-corrected chi connectivity index (χ1v) is 4.77. The van der Waals surface area contributed by atoms with Crippen molar-refractivity contribution in [2.45, 2.75) is 6.92 Å². The van der Waals surface area contributed by atoms with Gasteiger partial charge in [0, 0.05) is 16.6 Å². The van der Waals surface area contributed by atoms with Crippen LogP contribution in [0.25, 0.3) is 10.9 Å². The van der Waals surface area contributed by atoms with Crippen LogP contribution in [0.3, 0.4) is 0 Å². The molecule has 2 amide bonds. The van der Waals surface area contributed by atoms with E-state index >= 15 is 0 Å². The summed E-state index contributed by atoms with van der Waals surface area (Å²) in [6.07, 6.45) is 0. The van der Waals surface area contributed by atoms with Gasteiger partial charge in [-0.1, -0.05) is 18.2 Å². The second-order valence-electron chi connectivity index (χ2n) is 3.49. The molecule has 0 unspecified atom stereocenters. The number of para-hydroxylation sites is 1. The Kier molecular flexibility index (Phi) is 2.36. The molecule has 0 radical (unpaired) electrons. The van der Waals surface area contributed by atoms with Gasteiger partial charge in [0.05, 0.1) is 5.69 Å². The molecule has 0 saturated carbocycles. The van der Waals surface area contributed by atoms with Crippen molar-refractivity contribution in [3.05, 3.63) is 30.0 Å². The molecule has 1 aromatic carbocycles. The number of hydrogen-bond donors (Lipinski definition) is 3. The second-order valence-corrected chi connectivity index (χ2v) is 3.49. The molecule has 0 aliphatic rings. The van der Waals surface area contributed by atoms with Crippen molar-refractivity contribution in [1.29, 1.82) is 0 Å². The maximum absolute atomic E-state index is 11.2. The Hall–Kier alpha value is -2.30. The molecule has 16 heavy (non-hydrogen) atoms. The summed E-state index contributed by atoms with van der Waals surface area (Å²) in [4.78, 5) is 25.0. The van der Waals surface area contributed by atoms with Crippen molar-refractivity contribution in [1.82, 2.24) is 4.98 Å². The van der Waals surface area contributed by atoms with E-state index in [0.29, 0.717) is 5.69 Å². The van der Waals surface area contributed by atoms with Crippen LogP contribution in [-0.4, -0.2) is 16.8 Å². The van der Waals surface area contributed by atoms with Crippen LogP contribution in [0, 0.1) is 6.92 Å². The zero-order valence-electron chi connectivity index (χ0n) is 8.70. The minimum absolute atomic E-state index is 0.597. The van der Waals surface area contributed by atoms with Crippen LogP contribution >= 0.6 is 0 Å². The summed E-state index contributed by atoms with van der Waals surface area (Å²) in [5, 5.41) is 3.34. The minimum atomic E-state index is -0.996. The number of rotatable bonds is 1. The number of nitrogens with one attached hydrogen (secondary N) is 2. The highest BCUT2D eigenvalue weighted by atomic mass is 16.2. The van der Waals surface area contributed by atoms with Crippen LogP contribution in [0.2, 0.25) is 0 Å². The number of primary amides is 1. The van der Waals surface area contributed by atoms with E-state index in [4.69, 9.17) is 5.73 Å². The molecule has 2 rings (SSSR count). The van der Waals surface area contributed by atoms with Crippen molar-refractivity contribution in [3.63, 3.8) is 0 Å². The van der Waals surface area contributed by atoms with Gasteiger partial charge in [-0.05, 0) is 13.0 Å². The molecule has 0 atom stereocenters. The number of fused-ring (bicyclic) bond motifs is 1. The smallest absolute Gasteiger partial charge is 0.313 e. The number of carbonyl (C=O) groups excluding carboxylic acids is 2. The largest absolute Gasteiger partial charge is 0.361 e. The third-order valence-electron chi connectivity index (χ3n) is 2.36. The summed E-state index contributed by atoms with van der Waals surface area (Å²) in [6, 6.07) is 7.49. The van der Waals surface area contributed by atoms with Gasteiger partial charge in [-0.25, -0.2) is 0 Å². The number of aromatic amines is 1. The van der Waals surface area contributed by atoms with Crippen LogP contribution in [0.1, 0.15) is 5.69 Å². The van der Waals surface area contributed by atoms with Gasteiger partial charge in [-0.2, -0.15) is 0 Å².